The highest BCUT2D eigenvalue weighted by molar-refractivity contribution is 6.43. The zero-order valence-electron chi connectivity index (χ0n) is 14.1. The van der Waals surface area contributed by atoms with Gasteiger partial charge in [0.05, 0.1) is 17.8 Å². The Bertz CT molecular complexity index is 590. The van der Waals surface area contributed by atoms with Crippen molar-refractivity contribution in [2.75, 3.05) is 13.1 Å². The van der Waals surface area contributed by atoms with E-state index < -0.39 is 11.7 Å². The van der Waals surface area contributed by atoms with Crippen molar-refractivity contribution in [1.82, 2.24) is 20.0 Å². The second kappa shape index (κ2) is 7.20. The van der Waals surface area contributed by atoms with Gasteiger partial charge in [0.2, 0.25) is 5.91 Å². The molecule has 0 aliphatic rings. The van der Waals surface area contributed by atoms with Gasteiger partial charge in [-0.2, -0.15) is 5.10 Å². The van der Waals surface area contributed by atoms with Crippen LogP contribution in [0.2, 0.25) is 0 Å². The van der Waals surface area contributed by atoms with Crippen LogP contribution in [0.15, 0.2) is 0 Å². The predicted octanol–water partition coefficient (Wildman–Crippen LogP) is 0.593. The first kappa shape index (κ1) is 17.9. The Morgan fingerprint density at radius 1 is 1.27 bits per heavy atom. The number of hydrogen-bond acceptors (Lipinski definition) is 4. The summed E-state index contributed by atoms with van der Waals surface area (Å²) in [5.41, 5.74) is 1.47. The fourth-order valence-corrected chi connectivity index (χ4v) is 2.22. The SMILES string of the molecule is CCN(CC(=O)NC(C)C)C(=O)C(=O)c1c(C)nn(C)c1C. The highest BCUT2D eigenvalue weighted by Crippen LogP contribution is 2.14. The normalized spacial score (nSPS) is 10.7. The molecule has 0 fully saturated rings. The second-order valence-corrected chi connectivity index (χ2v) is 5.54. The number of hydrogen-bond donors (Lipinski definition) is 1. The number of nitrogens with one attached hydrogen (secondary N) is 1. The van der Waals surface area contributed by atoms with E-state index in [0.717, 1.165) is 0 Å². The van der Waals surface area contributed by atoms with E-state index in [1.807, 2.05) is 13.8 Å². The first-order valence-corrected chi connectivity index (χ1v) is 7.32. The quantitative estimate of drug-likeness (QED) is 0.616. The van der Waals surface area contributed by atoms with Gasteiger partial charge in [-0.25, -0.2) is 0 Å². The fraction of sp³-hybridized carbons (Fsp3) is 0.600. The van der Waals surface area contributed by atoms with Crippen LogP contribution in [-0.4, -0.2) is 51.4 Å². The van der Waals surface area contributed by atoms with Crippen molar-refractivity contribution in [2.45, 2.75) is 40.7 Å². The third kappa shape index (κ3) is 3.93. The van der Waals surface area contributed by atoms with Crippen molar-refractivity contribution in [2.24, 2.45) is 7.05 Å². The molecular formula is C15H24N4O3. The van der Waals surface area contributed by atoms with Crippen molar-refractivity contribution >= 4 is 17.6 Å². The van der Waals surface area contributed by atoms with Crippen LogP contribution in [0.3, 0.4) is 0 Å². The van der Waals surface area contributed by atoms with Crippen LogP contribution in [0.1, 0.15) is 42.5 Å². The smallest absolute Gasteiger partial charge is 0.295 e. The summed E-state index contributed by atoms with van der Waals surface area (Å²) in [5, 5.41) is 6.85. The minimum absolute atomic E-state index is 0.0141. The van der Waals surface area contributed by atoms with Crippen LogP contribution >= 0.6 is 0 Å². The van der Waals surface area contributed by atoms with Crippen molar-refractivity contribution in [3.8, 4) is 0 Å². The van der Waals surface area contributed by atoms with Crippen LogP contribution in [-0.2, 0) is 16.6 Å². The summed E-state index contributed by atoms with van der Waals surface area (Å²) >= 11 is 0. The van der Waals surface area contributed by atoms with Crippen LogP contribution in [0.25, 0.3) is 0 Å². The van der Waals surface area contributed by atoms with Gasteiger partial charge in [-0.05, 0) is 34.6 Å². The van der Waals surface area contributed by atoms with Crippen LogP contribution < -0.4 is 5.32 Å². The number of carbonyl (C=O) groups is 3. The van der Waals surface area contributed by atoms with Gasteiger partial charge in [0.25, 0.3) is 11.7 Å². The monoisotopic (exact) mass is 308 g/mol. The number of aryl methyl sites for hydroxylation is 2. The molecule has 2 amide bonds. The van der Waals surface area contributed by atoms with E-state index in [0.29, 0.717) is 17.0 Å². The predicted molar refractivity (Wildman–Crippen MR) is 82.5 cm³/mol. The molecule has 0 spiro atoms. The molecule has 0 atom stereocenters. The molecule has 1 heterocycles. The summed E-state index contributed by atoms with van der Waals surface area (Å²) in [4.78, 5) is 37.8. The number of carbonyl (C=O) groups excluding carboxylic acids is 3. The van der Waals surface area contributed by atoms with Gasteiger partial charge in [-0.1, -0.05) is 0 Å². The third-order valence-electron chi connectivity index (χ3n) is 3.38. The van der Waals surface area contributed by atoms with Crippen molar-refractivity contribution in [1.29, 1.82) is 0 Å². The Labute approximate surface area is 130 Å². The molecule has 0 aromatic carbocycles. The molecule has 1 N–H and O–H groups in total. The number of nitrogens with zero attached hydrogens (tertiary/aromatic N) is 3. The molecule has 22 heavy (non-hydrogen) atoms. The lowest BCUT2D eigenvalue weighted by atomic mass is 10.1. The molecule has 0 aliphatic heterocycles. The zero-order valence-corrected chi connectivity index (χ0v) is 14.1. The standard InChI is InChI=1S/C15H24N4O3/c1-7-19(8-12(20)16-9(2)3)15(22)14(21)13-10(4)17-18(6)11(13)5/h9H,7-8H2,1-6H3,(H,16,20). The van der Waals surface area contributed by atoms with Crippen LogP contribution in [0.4, 0.5) is 0 Å². The van der Waals surface area contributed by atoms with E-state index in [9.17, 15) is 14.4 Å². The lowest BCUT2D eigenvalue weighted by Crippen LogP contribution is -2.45. The molecule has 0 saturated heterocycles. The highest BCUT2D eigenvalue weighted by Gasteiger charge is 2.28. The number of rotatable bonds is 6. The van der Waals surface area contributed by atoms with Gasteiger partial charge in [0, 0.05) is 25.3 Å². The fourth-order valence-electron chi connectivity index (χ4n) is 2.22. The first-order chi connectivity index (χ1) is 10.2. The number of Topliss-reactive ketones (excluding diaryl/α,β-unsaturated/α-hetero) is 1. The van der Waals surface area contributed by atoms with Gasteiger partial charge in [-0.3, -0.25) is 19.1 Å². The molecule has 0 unspecified atom stereocenters. The van der Waals surface area contributed by atoms with E-state index in [1.165, 1.54) is 4.90 Å². The Hall–Kier alpha value is -2.18. The topological polar surface area (TPSA) is 84.3 Å². The maximum atomic E-state index is 12.4. The minimum Gasteiger partial charge on any atom is -0.352 e. The molecular weight excluding hydrogens is 284 g/mol. The van der Waals surface area contributed by atoms with E-state index in [4.69, 9.17) is 0 Å². The third-order valence-corrected chi connectivity index (χ3v) is 3.38. The number of amides is 2. The summed E-state index contributed by atoms with van der Waals surface area (Å²) in [7, 11) is 1.72. The Morgan fingerprint density at radius 2 is 1.86 bits per heavy atom. The maximum absolute atomic E-state index is 12.4. The van der Waals surface area contributed by atoms with E-state index >= 15 is 0 Å². The Kier molecular flexibility index (Phi) is 5.84. The average Bonchev–Trinajstić information content (AvgIpc) is 2.67. The molecule has 7 nitrogen and oxygen atoms in total. The highest BCUT2D eigenvalue weighted by atomic mass is 16.2. The molecule has 1 aromatic heterocycles. The van der Waals surface area contributed by atoms with E-state index in [2.05, 4.69) is 10.4 Å². The van der Waals surface area contributed by atoms with Crippen molar-refractivity contribution in [3.63, 3.8) is 0 Å². The van der Waals surface area contributed by atoms with E-state index in [-0.39, 0.29) is 25.0 Å². The van der Waals surface area contributed by atoms with Crippen LogP contribution in [0.5, 0.6) is 0 Å². The molecule has 0 aliphatic carbocycles. The molecule has 1 aromatic rings. The summed E-state index contributed by atoms with van der Waals surface area (Å²) in [6.45, 7) is 8.99. The second-order valence-electron chi connectivity index (χ2n) is 5.54. The van der Waals surface area contributed by atoms with Gasteiger partial charge in [0.1, 0.15) is 0 Å². The largest absolute Gasteiger partial charge is 0.352 e. The Morgan fingerprint density at radius 3 is 2.27 bits per heavy atom. The van der Waals surface area contributed by atoms with Gasteiger partial charge in [-0.15, -0.1) is 0 Å². The molecule has 122 valence electrons. The van der Waals surface area contributed by atoms with Gasteiger partial charge < -0.3 is 10.2 Å². The summed E-state index contributed by atoms with van der Waals surface area (Å²) in [5.74, 6) is -1.58. The van der Waals surface area contributed by atoms with Gasteiger partial charge >= 0.3 is 0 Å². The summed E-state index contributed by atoms with van der Waals surface area (Å²) in [6.07, 6.45) is 0. The van der Waals surface area contributed by atoms with Crippen molar-refractivity contribution < 1.29 is 14.4 Å². The molecule has 0 radical (unpaired) electrons. The lowest BCUT2D eigenvalue weighted by Gasteiger charge is -2.20. The molecule has 0 saturated carbocycles. The lowest BCUT2D eigenvalue weighted by molar-refractivity contribution is -0.132. The van der Waals surface area contributed by atoms with Crippen LogP contribution in [0, 0.1) is 13.8 Å². The maximum Gasteiger partial charge on any atom is 0.295 e. The van der Waals surface area contributed by atoms with Crippen molar-refractivity contribution in [3.05, 3.63) is 17.0 Å². The first-order valence-electron chi connectivity index (χ1n) is 7.32. The van der Waals surface area contributed by atoms with E-state index in [1.54, 1.807) is 32.5 Å². The summed E-state index contributed by atoms with van der Waals surface area (Å²) < 4.78 is 1.57. The molecule has 1 rings (SSSR count). The number of aromatic nitrogens is 2. The number of ketones is 1. The summed E-state index contributed by atoms with van der Waals surface area (Å²) in [6, 6.07) is -0.0141. The minimum atomic E-state index is -0.680. The molecule has 0 bridgehead atoms. The zero-order chi connectivity index (χ0) is 17.0. The average molecular weight is 308 g/mol. The number of likely N-dealkylation sites (N-methyl/N-ethyl adjacent to an activating group) is 1. The Balaban J connectivity index is 2.92. The molecule has 7 heteroatoms. The van der Waals surface area contributed by atoms with Gasteiger partial charge in [0.15, 0.2) is 0 Å².